The zero-order valence-corrected chi connectivity index (χ0v) is 21.7. The minimum Gasteiger partial charge on any atom is -0.393 e. The van der Waals surface area contributed by atoms with Crippen molar-refractivity contribution < 1.29 is 5.11 Å². The van der Waals surface area contributed by atoms with Gasteiger partial charge in [0.25, 0.3) is 0 Å². The summed E-state index contributed by atoms with van der Waals surface area (Å²) in [6.45, 7) is 17.3. The van der Waals surface area contributed by atoms with Gasteiger partial charge in [-0.3, -0.25) is 0 Å². The molecule has 0 radical (unpaired) electrons. The smallest absolute Gasteiger partial charge is 0.0594 e. The summed E-state index contributed by atoms with van der Waals surface area (Å²) in [6, 6.07) is 0. The first-order chi connectivity index (χ1) is 14.4. The molecule has 5 fully saturated rings. The molecule has 176 valence electrons. The van der Waals surface area contributed by atoms with E-state index in [-0.39, 0.29) is 11.5 Å². The topological polar surface area (TPSA) is 20.2 Å². The Morgan fingerprint density at radius 2 is 1.55 bits per heavy atom. The molecular formula is C30H50O. The van der Waals surface area contributed by atoms with Crippen LogP contribution in [0, 0.1) is 50.7 Å². The highest BCUT2D eigenvalue weighted by molar-refractivity contribution is 5.30. The predicted octanol–water partition coefficient (Wildman–Crippen LogP) is 8.17. The molecule has 5 saturated carbocycles. The summed E-state index contributed by atoms with van der Waals surface area (Å²) < 4.78 is 0. The number of hydrogen-bond donors (Lipinski definition) is 1. The number of rotatable bonds is 4. The molecule has 0 heterocycles. The summed E-state index contributed by atoms with van der Waals surface area (Å²) in [6.07, 6.45) is 17.6. The van der Waals surface area contributed by atoms with Crippen molar-refractivity contribution in [3.63, 3.8) is 0 Å². The highest BCUT2D eigenvalue weighted by Crippen LogP contribution is 2.89. The van der Waals surface area contributed by atoms with E-state index in [0.717, 1.165) is 30.1 Å². The first-order valence-electron chi connectivity index (χ1n) is 13.8. The molecule has 0 aliphatic heterocycles. The summed E-state index contributed by atoms with van der Waals surface area (Å²) in [7, 11) is 0. The van der Waals surface area contributed by atoms with Crippen LogP contribution >= 0.6 is 0 Å². The van der Waals surface area contributed by atoms with E-state index >= 15 is 0 Å². The van der Waals surface area contributed by atoms with E-state index in [1.54, 1.807) is 0 Å². The summed E-state index contributed by atoms with van der Waals surface area (Å²) >= 11 is 0. The molecule has 5 aliphatic rings. The van der Waals surface area contributed by atoms with Crippen LogP contribution in [0.1, 0.15) is 119 Å². The van der Waals surface area contributed by atoms with Crippen molar-refractivity contribution in [1.29, 1.82) is 0 Å². The van der Waals surface area contributed by atoms with Gasteiger partial charge in [0, 0.05) is 0 Å². The molecule has 0 unspecified atom stereocenters. The lowest BCUT2D eigenvalue weighted by Crippen LogP contribution is -2.57. The van der Waals surface area contributed by atoms with Gasteiger partial charge in [0.05, 0.1) is 6.10 Å². The van der Waals surface area contributed by atoms with Gasteiger partial charge in [-0.25, -0.2) is 0 Å². The Balaban J connectivity index is 1.41. The molecule has 0 aromatic heterocycles. The van der Waals surface area contributed by atoms with Crippen LogP contribution in [-0.4, -0.2) is 11.2 Å². The van der Waals surface area contributed by atoms with Crippen molar-refractivity contribution in [3.05, 3.63) is 11.6 Å². The lowest BCUT2D eigenvalue weighted by Gasteiger charge is -2.63. The average molecular weight is 427 g/mol. The van der Waals surface area contributed by atoms with Crippen LogP contribution in [0.5, 0.6) is 0 Å². The maximum Gasteiger partial charge on any atom is 0.0594 e. The van der Waals surface area contributed by atoms with Crippen LogP contribution < -0.4 is 0 Å². The number of aliphatic hydroxyl groups excluding tert-OH is 1. The SMILES string of the molecule is CC(C)=CCC[C@@H](C)[C@H]1CC[C@@]2(C)[C@@H]3CC[C@H]4C(C)(C)[C@@H](O)CC[C@@]45C[C@]35CC[C@]12C. The van der Waals surface area contributed by atoms with Crippen molar-refractivity contribution in [2.75, 3.05) is 0 Å². The van der Waals surface area contributed by atoms with Crippen LogP contribution in [0.2, 0.25) is 0 Å². The third-order valence-corrected chi connectivity index (χ3v) is 13.0. The molecule has 1 N–H and O–H groups in total. The van der Waals surface area contributed by atoms with Crippen LogP contribution in [-0.2, 0) is 0 Å². The molecule has 0 amide bonds. The molecule has 0 aromatic carbocycles. The van der Waals surface area contributed by atoms with Gasteiger partial charge < -0.3 is 5.11 Å². The van der Waals surface area contributed by atoms with Crippen LogP contribution in [0.3, 0.4) is 0 Å². The summed E-state index contributed by atoms with van der Waals surface area (Å²) in [5.41, 5.74) is 3.87. The van der Waals surface area contributed by atoms with Crippen LogP contribution in [0.25, 0.3) is 0 Å². The maximum absolute atomic E-state index is 10.8. The van der Waals surface area contributed by atoms with E-state index in [2.05, 4.69) is 54.5 Å². The van der Waals surface area contributed by atoms with E-state index in [1.165, 1.54) is 69.8 Å². The fraction of sp³-hybridized carbons (Fsp3) is 0.933. The van der Waals surface area contributed by atoms with Gasteiger partial charge in [-0.05, 0) is 135 Å². The fourth-order valence-corrected chi connectivity index (χ4v) is 11.1. The lowest BCUT2D eigenvalue weighted by atomic mass is 9.41. The minimum atomic E-state index is -0.0840. The second-order valence-electron chi connectivity index (χ2n) is 14.4. The first kappa shape index (κ1) is 22.5. The predicted molar refractivity (Wildman–Crippen MR) is 131 cm³/mol. The Morgan fingerprint density at radius 3 is 2.26 bits per heavy atom. The summed E-state index contributed by atoms with van der Waals surface area (Å²) in [4.78, 5) is 0. The normalized spacial score (nSPS) is 52.9. The molecule has 1 heteroatoms. The highest BCUT2D eigenvalue weighted by atomic mass is 16.3. The molecule has 9 atom stereocenters. The maximum atomic E-state index is 10.8. The Bertz CT molecular complexity index is 760. The number of allylic oxidation sites excluding steroid dienone is 2. The fourth-order valence-electron chi connectivity index (χ4n) is 11.1. The molecule has 5 rings (SSSR count). The third kappa shape index (κ3) is 2.71. The van der Waals surface area contributed by atoms with Crippen molar-refractivity contribution in [2.45, 2.75) is 125 Å². The highest BCUT2D eigenvalue weighted by Gasteiger charge is 2.82. The minimum absolute atomic E-state index is 0.0840. The van der Waals surface area contributed by atoms with Gasteiger partial charge in [0.2, 0.25) is 0 Å². The van der Waals surface area contributed by atoms with Crippen LogP contribution in [0.15, 0.2) is 11.6 Å². The Hall–Kier alpha value is -0.300. The van der Waals surface area contributed by atoms with Crippen LogP contribution in [0.4, 0.5) is 0 Å². The number of hydrogen-bond acceptors (Lipinski definition) is 1. The largest absolute Gasteiger partial charge is 0.393 e. The molecule has 2 spiro atoms. The van der Waals surface area contributed by atoms with Crippen molar-refractivity contribution in [3.8, 4) is 0 Å². The molecule has 0 saturated heterocycles. The van der Waals surface area contributed by atoms with Gasteiger partial charge in [0.1, 0.15) is 0 Å². The Kier molecular flexibility index (Phi) is 4.98. The molecule has 1 nitrogen and oxygen atoms in total. The molecule has 31 heavy (non-hydrogen) atoms. The van der Waals surface area contributed by atoms with Gasteiger partial charge in [-0.1, -0.05) is 46.3 Å². The number of fused-ring (bicyclic) bond motifs is 2. The van der Waals surface area contributed by atoms with Gasteiger partial charge in [0.15, 0.2) is 0 Å². The van der Waals surface area contributed by atoms with Crippen molar-refractivity contribution >= 4 is 0 Å². The monoisotopic (exact) mass is 426 g/mol. The molecule has 5 aliphatic carbocycles. The molecule has 0 bridgehead atoms. The summed E-state index contributed by atoms with van der Waals surface area (Å²) in [5, 5.41) is 10.8. The molecular weight excluding hydrogens is 376 g/mol. The molecule has 0 aromatic rings. The van der Waals surface area contributed by atoms with Gasteiger partial charge in [-0.2, -0.15) is 0 Å². The zero-order chi connectivity index (χ0) is 22.4. The summed E-state index contributed by atoms with van der Waals surface area (Å²) in [5.74, 6) is 3.46. The van der Waals surface area contributed by atoms with E-state index in [4.69, 9.17) is 0 Å². The van der Waals surface area contributed by atoms with Gasteiger partial charge in [-0.15, -0.1) is 0 Å². The van der Waals surface area contributed by atoms with E-state index in [0.29, 0.717) is 21.7 Å². The lowest BCUT2D eigenvalue weighted by molar-refractivity contribution is -0.161. The second-order valence-corrected chi connectivity index (χ2v) is 14.4. The van der Waals surface area contributed by atoms with E-state index in [9.17, 15) is 5.11 Å². The van der Waals surface area contributed by atoms with Crippen molar-refractivity contribution in [1.82, 2.24) is 0 Å². The van der Waals surface area contributed by atoms with E-state index in [1.807, 2.05) is 0 Å². The van der Waals surface area contributed by atoms with Crippen molar-refractivity contribution in [2.24, 2.45) is 50.7 Å². The van der Waals surface area contributed by atoms with Gasteiger partial charge >= 0.3 is 0 Å². The Labute approximate surface area is 192 Å². The quantitative estimate of drug-likeness (QED) is 0.449. The number of aliphatic hydroxyl groups is 1. The zero-order valence-electron chi connectivity index (χ0n) is 21.7. The average Bonchev–Trinajstić information content (AvgIpc) is 3.27. The third-order valence-electron chi connectivity index (χ3n) is 13.0. The first-order valence-corrected chi connectivity index (χ1v) is 13.8. The Morgan fingerprint density at radius 1 is 0.871 bits per heavy atom. The standard InChI is InChI=1S/C30H50O/c1-20(2)9-8-10-21(3)22-13-15-28(7)24-12-11-23-26(4,5)25(31)14-16-29(23)19-30(24,29)18-17-27(22,28)6/h9,21-25,31H,8,10-19H2,1-7H3/t21-,22-,23+,24+,25+,27-,28+,29-,30-/m1/s1. The second kappa shape index (κ2) is 6.86. The van der Waals surface area contributed by atoms with E-state index < -0.39 is 0 Å².